The van der Waals surface area contributed by atoms with Crippen molar-refractivity contribution in [3.05, 3.63) is 35.4 Å². The zero-order valence-electron chi connectivity index (χ0n) is 14.3. The highest BCUT2D eigenvalue weighted by Crippen LogP contribution is 2.45. The minimum absolute atomic E-state index is 0.00899. The van der Waals surface area contributed by atoms with E-state index in [2.05, 4.69) is 10.3 Å². The number of carbonyl (C=O) groups excluding carboxylic acids is 2. The van der Waals surface area contributed by atoms with Crippen LogP contribution < -0.4 is 5.32 Å². The predicted octanol–water partition coefficient (Wildman–Crippen LogP) is 2.06. The van der Waals surface area contributed by atoms with E-state index >= 15 is 0 Å². The lowest BCUT2D eigenvalue weighted by molar-refractivity contribution is -0.147. The van der Waals surface area contributed by atoms with Crippen molar-refractivity contribution in [2.75, 3.05) is 13.1 Å². The van der Waals surface area contributed by atoms with Crippen molar-refractivity contribution in [3.63, 3.8) is 0 Å². The van der Waals surface area contributed by atoms with Crippen molar-refractivity contribution in [2.45, 2.75) is 25.8 Å². The molecular weight excluding hydrogens is 340 g/mol. The number of piperidine rings is 2. The van der Waals surface area contributed by atoms with E-state index in [1.807, 2.05) is 36.6 Å². The van der Waals surface area contributed by atoms with Crippen LogP contribution in [0.4, 0.5) is 0 Å². The van der Waals surface area contributed by atoms with E-state index in [0.29, 0.717) is 18.1 Å². The lowest BCUT2D eigenvalue weighted by atomic mass is 9.61. The quantitative estimate of drug-likeness (QED) is 0.849. The average molecular weight is 361 g/mol. The van der Waals surface area contributed by atoms with E-state index in [-0.39, 0.29) is 23.7 Å². The fourth-order valence-electron chi connectivity index (χ4n) is 4.34. The predicted molar refractivity (Wildman–Crippen MR) is 94.1 cm³/mol. The molecule has 0 unspecified atom stereocenters. The number of nitrogens with one attached hydrogen (secondary N) is 1. The average Bonchev–Trinajstić information content (AvgIpc) is 3.00. The molecule has 0 spiro atoms. The molecule has 2 aromatic rings. The Kier molecular flexibility index (Phi) is 3.76. The molecule has 2 aromatic heterocycles. The third-order valence-electron chi connectivity index (χ3n) is 5.53. The Morgan fingerprint density at radius 2 is 2.12 bits per heavy atom. The lowest BCUT2D eigenvalue weighted by Crippen LogP contribution is -2.61. The molecule has 1 aliphatic heterocycles. The summed E-state index contributed by atoms with van der Waals surface area (Å²) in [5.74, 6) is 1.33. The van der Waals surface area contributed by atoms with Gasteiger partial charge >= 0.3 is 0 Å². The molecule has 0 aromatic carbocycles. The van der Waals surface area contributed by atoms with Gasteiger partial charge < -0.3 is 14.6 Å². The number of hydrogen-bond donors (Lipinski definition) is 1. The minimum atomic E-state index is -0.623. The summed E-state index contributed by atoms with van der Waals surface area (Å²) in [5.41, 5.74) is 0.200. The van der Waals surface area contributed by atoms with Gasteiger partial charge in [0.05, 0.1) is 22.3 Å². The molecule has 7 heteroatoms. The second-order valence-electron chi connectivity index (χ2n) is 7.65. The van der Waals surface area contributed by atoms with Crippen LogP contribution in [0.3, 0.4) is 0 Å². The third kappa shape index (κ3) is 2.59. The molecule has 25 heavy (non-hydrogen) atoms. The van der Waals surface area contributed by atoms with Gasteiger partial charge in [-0.05, 0) is 44.2 Å². The van der Waals surface area contributed by atoms with Gasteiger partial charge in [0.1, 0.15) is 5.82 Å². The number of aromatic nitrogens is 2. The van der Waals surface area contributed by atoms with E-state index in [9.17, 15) is 9.59 Å². The molecule has 0 radical (unpaired) electrons. The summed E-state index contributed by atoms with van der Waals surface area (Å²) in [6.07, 6.45) is 5.55. The number of hydrogen-bond acceptors (Lipinski definition) is 3. The lowest BCUT2D eigenvalue weighted by Gasteiger charge is -2.52. The summed E-state index contributed by atoms with van der Waals surface area (Å²) >= 11 is 6.22. The van der Waals surface area contributed by atoms with Gasteiger partial charge in [-0.1, -0.05) is 11.6 Å². The highest BCUT2D eigenvalue weighted by atomic mass is 35.5. The van der Waals surface area contributed by atoms with Crippen LogP contribution in [0, 0.1) is 17.8 Å². The first-order valence-corrected chi connectivity index (χ1v) is 8.92. The summed E-state index contributed by atoms with van der Waals surface area (Å²) in [6.45, 7) is 5.26. The minimum Gasteiger partial charge on any atom is -0.345 e. The standard InChI is InChI=1S/C18H21ClN4O2/c1-18(2,17-20-7-14-13(19)4-3-5-23(14)17)21-16(25)15-11-6-12(15)9-22(8-11)10-24/h3-5,7,10-12,15H,6,8-9H2,1-2H3,(H,21,25)/t11-,12+,15-. The van der Waals surface area contributed by atoms with Crippen LogP contribution in [-0.2, 0) is 15.1 Å². The van der Waals surface area contributed by atoms with Gasteiger partial charge in [-0.25, -0.2) is 4.98 Å². The van der Waals surface area contributed by atoms with Crippen molar-refractivity contribution >= 4 is 29.4 Å². The Hall–Kier alpha value is -2.08. The van der Waals surface area contributed by atoms with E-state index < -0.39 is 5.54 Å². The molecular formula is C18H21ClN4O2. The highest BCUT2D eigenvalue weighted by Gasteiger charge is 2.51. The Labute approximate surface area is 151 Å². The number of rotatable bonds is 4. The first kappa shape index (κ1) is 16.4. The van der Waals surface area contributed by atoms with Gasteiger partial charge in [0.15, 0.2) is 0 Å². The molecule has 132 valence electrons. The highest BCUT2D eigenvalue weighted by molar-refractivity contribution is 6.33. The molecule has 1 aliphatic carbocycles. The van der Waals surface area contributed by atoms with Crippen LogP contribution in [0.25, 0.3) is 5.52 Å². The number of imidazole rings is 1. The van der Waals surface area contributed by atoms with E-state index in [0.717, 1.165) is 24.2 Å². The maximum Gasteiger partial charge on any atom is 0.224 e. The van der Waals surface area contributed by atoms with Crippen LogP contribution >= 0.6 is 11.6 Å². The van der Waals surface area contributed by atoms with Gasteiger partial charge in [-0.3, -0.25) is 9.59 Å². The van der Waals surface area contributed by atoms with Gasteiger partial charge in [0, 0.05) is 25.2 Å². The van der Waals surface area contributed by atoms with Crippen molar-refractivity contribution < 1.29 is 9.59 Å². The summed E-state index contributed by atoms with van der Waals surface area (Å²) in [7, 11) is 0. The SMILES string of the molecule is CC(C)(NC(=O)[C@@H]1[C@@H]2C[C@H]1CN(C=O)C2)c1ncc2c(Cl)cccn12. The Morgan fingerprint density at radius 1 is 1.40 bits per heavy atom. The van der Waals surface area contributed by atoms with Crippen LogP contribution in [0.2, 0.25) is 5.02 Å². The van der Waals surface area contributed by atoms with Gasteiger partial charge in [0.25, 0.3) is 0 Å². The van der Waals surface area contributed by atoms with E-state index in [1.165, 1.54) is 0 Å². The molecule has 2 amide bonds. The number of likely N-dealkylation sites (tertiary alicyclic amines) is 1. The molecule has 3 heterocycles. The topological polar surface area (TPSA) is 66.7 Å². The zero-order valence-corrected chi connectivity index (χ0v) is 15.0. The summed E-state index contributed by atoms with van der Waals surface area (Å²) in [6, 6.07) is 3.69. The first-order chi connectivity index (χ1) is 11.9. The fraction of sp³-hybridized carbons (Fsp3) is 0.500. The molecule has 2 bridgehead atoms. The Morgan fingerprint density at radius 3 is 2.80 bits per heavy atom. The monoisotopic (exact) mass is 360 g/mol. The fourth-order valence-corrected chi connectivity index (χ4v) is 4.55. The Bertz CT molecular complexity index is 835. The number of pyridine rings is 1. The number of amides is 2. The number of carbonyl (C=O) groups is 2. The first-order valence-electron chi connectivity index (χ1n) is 8.54. The molecule has 4 rings (SSSR count). The van der Waals surface area contributed by atoms with Crippen LogP contribution in [0.15, 0.2) is 24.5 Å². The van der Waals surface area contributed by atoms with Gasteiger partial charge in [0.2, 0.25) is 12.3 Å². The molecule has 1 saturated carbocycles. The molecule has 2 aliphatic rings. The maximum absolute atomic E-state index is 12.9. The molecule has 1 saturated heterocycles. The Balaban J connectivity index is 1.54. The smallest absolute Gasteiger partial charge is 0.224 e. The van der Waals surface area contributed by atoms with E-state index in [1.54, 1.807) is 11.1 Å². The van der Waals surface area contributed by atoms with Crippen LogP contribution in [0.5, 0.6) is 0 Å². The number of nitrogens with zero attached hydrogens (tertiary/aromatic N) is 3. The normalized spacial score (nSPS) is 25.6. The number of fused-ring (bicyclic) bond motifs is 3. The molecule has 3 atom stereocenters. The van der Waals surface area contributed by atoms with Gasteiger partial charge in [-0.15, -0.1) is 0 Å². The summed E-state index contributed by atoms with van der Waals surface area (Å²) in [5, 5.41) is 3.79. The summed E-state index contributed by atoms with van der Waals surface area (Å²) < 4.78 is 1.92. The summed E-state index contributed by atoms with van der Waals surface area (Å²) in [4.78, 5) is 30.1. The molecule has 1 N–H and O–H groups in total. The second kappa shape index (κ2) is 5.73. The largest absolute Gasteiger partial charge is 0.345 e. The third-order valence-corrected chi connectivity index (χ3v) is 5.84. The maximum atomic E-state index is 12.9. The molecule has 2 fully saturated rings. The van der Waals surface area contributed by atoms with Crippen molar-refractivity contribution in [1.29, 1.82) is 0 Å². The number of halogens is 1. The second-order valence-corrected chi connectivity index (χ2v) is 8.06. The van der Waals surface area contributed by atoms with Crippen LogP contribution in [-0.4, -0.2) is 39.7 Å². The van der Waals surface area contributed by atoms with Crippen molar-refractivity contribution in [3.8, 4) is 0 Å². The molecule has 6 nitrogen and oxygen atoms in total. The van der Waals surface area contributed by atoms with Crippen molar-refractivity contribution in [2.24, 2.45) is 17.8 Å². The van der Waals surface area contributed by atoms with E-state index in [4.69, 9.17) is 11.6 Å². The van der Waals surface area contributed by atoms with Crippen LogP contribution in [0.1, 0.15) is 26.1 Å². The zero-order chi connectivity index (χ0) is 17.8. The van der Waals surface area contributed by atoms with Crippen molar-refractivity contribution in [1.82, 2.24) is 19.6 Å². The van der Waals surface area contributed by atoms with Gasteiger partial charge in [-0.2, -0.15) is 0 Å².